The molecule has 0 aliphatic carbocycles. The number of amides is 3. The van der Waals surface area contributed by atoms with Gasteiger partial charge in [-0.15, -0.1) is 0 Å². The summed E-state index contributed by atoms with van der Waals surface area (Å²) in [4.78, 5) is 34.9. The van der Waals surface area contributed by atoms with Crippen LogP contribution in [0.15, 0.2) is 12.1 Å². The zero-order chi connectivity index (χ0) is 16.2. The minimum atomic E-state index is -0.456. The quantitative estimate of drug-likeness (QED) is 0.871. The molecule has 0 saturated carbocycles. The number of carbonyl (C=O) groups is 2. The van der Waals surface area contributed by atoms with E-state index in [-0.39, 0.29) is 12.5 Å². The molecule has 0 unspecified atom stereocenters. The number of rotatable bonds is 3. The van der Waals surface area contributed by atoms with Gasteiger partial charge in [-0.05, 0) is 19.1 Å². The molecule has 8 nitrogen and oxygen atoms in total. The van der Waals surface area contributed by atoms with Gasteiger partial charge in [-0.25, -0.2) is 14.8 Å². The van der Waals surface area contributed by atoms with E-state index in [0.29, 0.717) is 31.4 Å². The summed E-state index contributed by atoms with van der Waals surface area (Å²) in [6, 6.07) is 3.27. The maximum atomic E-state index is 11.9. The predicted octanol–water partition coefficient (Wildman–Crippen LogP) is 0.980. The first-order valence-corrected chi connectivity index (χ1v) is 8.08. The molecule has 9 heteroatoms. The van der Waals surface area contributed by atoms with Crippen LogP contribution < -0.4 is 10.6 Å². The number of aromatic nitrogens is 2. The Hall–Kier alpha value is -2.26. The first kappa shape index (κ1) is 15.6. The van der Waals surface area contributed by atoms with Gasteiger partial charge < -0.3 is 15.0 Å². The standard InChI is InChI=1S/C14H17N5O3S/c1-9-2-3-10-12(16-9)23-14(17-10)18-13(21)15-8-11(20)19-4-6-22-7-5-19/h2-3H,4-8H2,1H3,(H2,15,17,18,21). The number of fused-ring (bicyclic) bond motifs is 1. The summed E-state index contributed by atoms with van der Waals surface area (Å²) < 4.78 is 5.19. The summed E-state index contributed by atoms with van der Waals surface area (Å²) in [5.41, 5.74) is 1.63. The fourth-order valence-corrected chi connectivity index (χ4v) is 3.06. The van der Waals surface area contributed by atoms with Crippen LogP contribution in [0.2, 0.25) is 0 Å². The Labute approximate surface area is 136 Å². The van der Waals surface area contributed by atoms with Gasteiger partial charge in [0.25, 0.3) is 0 Å². The van der Waals surface area contributed by atoms with Gasteiger partial charge in [0, 0.05) is 18.8 Å². The van der Waals surface area contributed by atoms with E-state index in [1.54, 1.807) is 4.90 Å². The third-order valence-corrected chi connectivity index (χ3v) is 4.26. The van der Waals surface area contributed by atoms with E-state index < -0.39 is 6.03 Å². The second kappa shape index (κ2) is 6.88. The molecule has 122 valence electrons. The van der Waals surface area contributed by atoms with Crippen molar-refractivity contribution in [3.63, 3.8) is 0 Å². The van der Waals surface area contributed by atoms with Gasteiger partial charge in [0.15, 0.2) is 5.13 Å². The summed E-state index contributed by atoms with van der Waals surface area (Å²) in [7, 11) is 0. The lowest BCUT2D eigenvalue weighted by atomic mass is 10.4. The van der Waals surface area contributed by atoms with Gasteiger partial charge in [0.2, 0.25) is 5.91 Å². The minimum Gasteiger partial charge on any atom is -0.378 e. The molecule has 1 fully saturated rings. The lowest BCUT2D eigenvalue weighted by Crippen LogP contribution is -2.46. The third kappa shape index (κ3) is 3.93. The number of aryl methyl sites for hydroxylation is 1. The van der Waals surface area contributed by atoms with Crippen molar-refractivity contribution in [2.75, 3.05) is 38.2 Å². The number of nitrogens with one attached hydrogen (secondary N) is 2. The minimum absolute atomic E-state index is 0.0475. The highest BCUT2D eigenvalue weighted by Gasteiger charge is 2.17. The average Bonchev–Trinajstić information content (AvgIpc) is 2.94. The number of nitrogens with zero attached hydrogens (tertiary/aromatic N) is 3. The lowest BCUT2D eigenvalue weighted by Gasteiger charge is -2.26. The van der Waals surface area contributed by atoms with E-state index >= 15 is 0 Å². The van der Waals surface area contributed by atoms with Crippen LogP contribution in [0.1, 0.15) is 5.69 Å². The van der Waals surface area contributed by atoms with Crippen molar-refractivity contribution in [3.05, 3.63) is 17.8 Å². The first-order valence-electron chi connectivity index (χ1n) is 7.26. The van der Waals surface area contributed by atoms with Crippen molar-refractivity contribution in [1.82, 2.24) is 20.2 Å². The second-order valence-corrected chi connectivity index (χ2v) is 6.07. The van der Waals surface area contributed by atoms with Gasteiger partial charge in [-0.3, -0.25) is 10.1 Å². The number of urea groups is 1. The number of thiazole rings is 1. The smallest absolute Gasteiger partial charge is 0.321 e. The van der Waals surface area contributed by atoms with Crippen LogP contribution in [-0.2, 0) is 9.53 Å². The molecule has 1 aliphatic rings. The van der Waals surface area contributed by atoms with E-state index in [1.165, 1.54) is 11.3 Å². The van der Waals surface area contributed by atoms with Crippen molar-refractivity contribution in [3.8, 4) is 0 Å². The Bertz CT molecular complexity index is 726. The number of carbonyl (C=O) groups excluding carboxylic acids is 2. The van der Waals surface area contributed by atoms with Gasteiger partial charge in [0.05, 0.1) is 19.8 Å². The van der Waals surface area contributed by atoms with Gasteiger partial charge in [-0.1, -0.05) is 11.3 Å². The summed E-state index contributed by atoms with van der Waals surface area (Å²) in [5.74, 6) is -0.120. The fraction of sp³-hybridized carbons (Fsp3) is 0.429. The number of anilines is 1. The van der Waals surface area contributed by atoms with Crippen LogP contribution in [0.25, 0.3) is 10.3 Å². The molecule has 2 aromatic rings. The van der Waals surface area contributed by atoms with E-state index in [2.05, 4.69) is 20.6 Å². The van der Waals surface area contributed by atoms with Gasteiger partial charge >= 0.3 is 6.03 Å². The normalized spacial score (nSPS) is 14.7. The Morgan fingerprint density at radius 2 is 2.09 bits per heavy atom. The van der Waals surface area contributed by atoms with Crippen LogP contribution >= 0.6 is 11.3 Å². The molecule has 1 saturated heterocycles. The largest absolute Gasteiger partial charge is 0.378 e. The van der Waals surface area contributed by atoms with E-state index in [4.69, 9.17) is 4.74 Å². The maximum absolute atomic E-state index is 11.9. The molecule has 0 aromatic carbocycles. The monoisotopic (exact) mass is 335 g/mol. The molecule has 23 heavy (non-hydrogen) atoms. The number of pyridine rings is 1. The van der Waals surface area contributed by atoms with Crippen molar-refractivity contribution in [1.29, 1.82) is 0 Å². The average molecular weight is 335 g/mol. The Morgan fingerprint density at radius 3 is 2.87 bits per heavy atom. The predicted molar refractivity (Wildman–Crippen MR) is 86.6 cm³/mol. The maximum Gasteiger partial charge on any atom is 0.321 e. The number of hydrogen-bond donors (Lipinski definition) is 2. The molecule has 0 radical (unpaired) electrons. The topological polar surface area (TPSA) is 96.5 Å². The zero-order valence-electron chi connectivity index (χ0n) is 12.7. The molecular formula is C14H17N5O3S. The van der Waals surface area contributed by atoms with E-state index in [1.807, 2.05) is 19.1 Å². The number of morpholine rings is 1. The van der Waals surface area contributed by atoms with Crippen LogP contribution in [0.3, 0.4) is 0 Å². The molecule has 0 spiro atoms. The Morgan fingerprint density at radius 1 is 1.30 bits per heavy atom. The van der Waals surface area contributed by atoms with Crippen molar-refractivity contribution in [2.45, 2.75) is 6.92 Å². The summed E-state index contributed by atoms with van der Waals surface area (Å²) in [6.45, 7) is 4.05. The molecule has 3 amide bonds. The molecule has 3 rings (SSSR count). The molecule has 2 N–H and O–H groups in total. The van der Waals surface area contributed by atoms with E-state index in [0.717, 1.165) is 16.0 Å². The van der Waals surface area contributed by atoms with Crippen molar-refractivity contribution < 1.29 is 14.3 Å². The first-order chi connectivity index (χ1) is 11.1. The molecule has 0 bridgehead atoms. The molecule has 3 heterocycles. The zero-order valence-corrected chi connectivity index (χ0v) is 13.5. The lowest BCUT2D eigenvalue weighted by molar-refractivity contribution is -0.134. The van der Waals surface area contributed by atoms with Crippen molar-refractivity contribution >= 4 is 38.8 Å². The summed E-state index contributed by atoms with van der Waals surface area (Å²) >= 11 is 1.30. The molecule has 0 atom stereocenters. The summed E-state index contributed by atoms with van der Waals surface area (Å²) in [6.07, 6.45) is 0. The van der Waals surface area contributed by atoms with Crippen LogP contribution in [-0.4, -0.2) is 59.7 Å². The van der Waals surface area contributed by atoms with E-state index in [9.17, 15) is 9.59 Å². The third-order valence-electron chi connectivity index (χ3n) is 3.38. The van der Waals surface area contributed by atoms with Crippen LogP contribution in [0.5, 0.6) is 0 Å². The highest BCUT2D eigenvalue weighted by atomic mass is 32.1. The summed E-state index contributed by atoms with van der Waals surface area (Å²) in [5, 5.41) is 5.63. The molecular weight excluding hydrogens is 318 g/mol. The number of ether oxygens (including phenoxy) is 1. The van der Waals surface area contributed by atoms with Crippen LogP contribution in [0, 0.1) is 6.92 Å². The second-order valence-electron chi connectivity index (χ2n) is 5.10. The van der Waals surface area contributed by atoms with Gasteiger partial charge in [0.1, 0.15) is 10.3 Å². The fourth-order valence-electron chi connectivity index (χ4n) is 2.18. The Kier molecular flexibility index (Phi) is 4.68. The highest BCUT2D eigenvalue weighted by Crippen LogP contribution is 2.24. The van der Waals surface area contributed by atoms with Crippen molar-refractivity contribution in [2.24, 2.45) is 0 Å². The highest BCUT2D eigenvalue weighted by molar-refractivity contribution is 7.21. The molecule has 1 aliphatic heterocycles. The molecule has 2 aromatic heterocycles. The Balaban J connectivity index is 1.52. The SMILES string of the molecule is Cc1ccc2nc(NC(=O)NCC(=O)N3CCOCC3)sc2n1. The van der Waals surface area contributed by atoms with Crippen LogP contribution in [0.4, 0.5) is 9.93 Å². The number of hydrogen-bond acceptors (Lipinski definition) is 6. The van der Waals surface area contributed by atoms with Gasteiger partial charge in [-0.2, -0.15) is 0 Å².